The monoisotopic (exact) mass is 459 g/mol. The van der Waals surface area contributed by atoms with E-state index in [-0.39, 0.29) is 17.1 Å². The largest absolute Gasteiger partial charge is 0.505 e. The van der Waals surface area contributed by atoms with Gasteiger partial charge in [-0.3, -0.25) is 4.79 Å². The third-order valence-electron chi connectivity index (χ3n) is 5.77. The Morgan fingerprint density at radius 2 is 1.73 bits per heavy atom. The van der Waals surface area contributed by atoms with E-state index in [2.05, 4.69) is 10.3 Å². The molecule has 2 heterocycles. The first kappa shape index (κ1) is 22.6. The summed E-state index contributed by atoms with van der Waals surface area (Å²) in [4.78, 5) is 17.0. The van der Waals surface area contributed by atoms with Crippen molar-refractivity contribution in [3.05, 3.63) is 70.9 Å². The second-order valence-electron chi connectivity index (χ2n) is 8.04. The Bertz CT molecular complexity index is 1140. The molecule has 6 nitrogen and oxygen atoms in total. The van der Waals surface area contributed by atoms with E-state index in [9.17, 15) is 28.2 Å². The Morgan fingerprint density at radius 3 is 2.39 bits per heavy atom. The van der Waals surface area contributed by atoms with Crippen LogP contribution in [0.2, 0.25) is 0 Å². The Morgan fingerprint density at radius 1 is 1.03 bits per heavy atom. The van der Waals surface area contributed by atoms with E-state index in [1.54, 1.807) is 4.90 Å². The van der Waals surface area contributed by atoms with Crippen molar-refractivity contribution in [2.75, 3.05) is 23.3 Å². The quantitative estimate of drug-likeness (QED) is 0.414. The molecule has 9 heteroatoms. The highest BCUT2D eigenvalue weighted by atomic mass is 19.4. The number of alkyl halides is 3. The summed E-state index contributed by atoms with van der Waals surface area (Å²) in [7, 11) is 0. The van der Waals surface area contributed by atoms with Crippen molar-refractivity contribution in [1.82, 2.24) is 4.98 Å². The number of benzene rings is 2. The van der Waals surface area contributed by atoms with Crippen molar-refractivity contribution < 1.29 is 28.2 Å². The van der Waals surface area contributed by atoms with E-state index >= 15 is 0 Å². The number of carbonyl (C=O) groups excluding carboxylic acids is 1. The van der Waals surface area contributed by atoms with Crippen LogP contribution in [0.5, 0.6) is 11.6 Å². The average molecular weight is 459 g/mol. The number of amides is 1. The molecule has 174 valence electrons. The van der Waals surface area contributed by atoms with Crippen molar-refractivity contribution in [3.63, 3.8) is 0 Å². The minimum Gasteiger partial charge on any atom is -0.505 e. The molecule has 0 unspecified atom stereocenters. The van der Waals surface area contributed by atoms with Gasteiger partial charge in [-0.05, 0) is 49.4 Å². The van der Waals surface area contributed by atoms with Gasteiger partial charge >= 0.3 is 6.18 Å². The van der Waals surface area contributed by atoms with Gasteiger partial charge in [0.25, 0.3) is 5.91 Å². The highest BCUT2D eigenvalue weighted by molar-refractivity contribution is 6.08. The van der Waals surface area contributed by atoms with Gasteiger partial charge in [0.05, 0.1) is 11.3 Å². The zero-order valence-electron chi connectivity index (χ0n) is 17.7. The lowest BCUT2D eigenvalue weighted by molar-refractivity contribution is -0.137. The minimum absolute atomic E-state index is 0.0773. The van der Waals surface area contributed by atoms with E-state index in [0.717, 1.165) is 24.5 Å². The van der Waals surface area contributed by atoms with Gasteiger partial charge in [0, 0.05) is 24.5 Å². The van der Waals surface area contributed by atoms with Crippen molar-refractivity contribution >= 4 is 17.3 Å². The Hall–Kier alpha value is -3.62. The van der Waals surface area contributed by atoms with Gasteiger partial charge in [0.1, 0.15) is 5.56 Å². The van der Waals surface area contributed by atoms with Crippen LogP contribution in [-0.4, -0.2) is 34.2 Å². The molecule has 33 heavy (non-hydrogen) atoms. The first-order valence-electron chi connectivity index (χ1n) is 10.7. The van der Waals surface area contributed by atoms with Crippen LogP contribution in [0, 0.1) is 0 Å². The second kappa shape index (κ2) is 9.09. The first-order valence-corrected chi connectivity index (χ1v) is 10.7. The molecule has 4 N–H and O–H groups in total. The maximum atomic E-state index is 13.7. The van der Waals surface area contributed by atoms with Crippen LogP contribution in [0.4, 0.5) is 24.5 Å². The van der Waals surface area contributed by atoms with E-state index in [1.165, 1.54) is 12.1 Å². The third kappa shape index (κ3) is 4.92. The molecular weight excluding hydrogens is 435 g/mol. The number of aromatic hydroxyl groups is 2. The summed E-state index contributed by atoms with van der Waals surface area (Å²) < 4.78 is 41.0. The smallest absolute Gasteiger partial charge is 0.418 e. The number of hydrogen-bond donors (Lipinski definition) is 4. The maximum Gasteiger partial charge on any atom is 0.418 e. The fourth-order valence-electron chi connectivity index (χ4n) is 4.11. The van der Waals surface area contributed by atoms with Gasteiger partial charge in [0.15, 0.2) is 5.75 Å². The topological polar surface area (TPSA) is 88.6 Å². The summed E-state index contributed by atoms with van der Waals surface area (Å²) in [5.74, 6) is -1.88. The predicted molar refractivity (Wildman–Crippen MR) is 119 cm³/mol. The van der Waals surface area contributed by atoms with Crippen LogP contribution in [-0.2, 0) is 19.0 Å². The van der Waals surface area contributed by atoms with Gasteiger partial charge in [-0.1, -0.05) is 30.3 Å². The summed E-state index contributed by atoms with van der Waals surface area (Å²) in [6, 6.07) is 13.1. The molecule has 2 aromatic carbocycles. The van der Waals surface area contributed by atoms with Gasteiger partial charge in [0.2, 0.25) is 5.88 Å². The van der Waals surface area contributed by atoms with E-state index < -0.39 is 34.8 Å². The number of rotatable bonds is 6. The van der Waals surface area contributed by atoms with Gasteiger partial charge in [-0.2, -0.15) is 13.2 Å². The Balaban J connectivity index is 1.54. The number of nitrogens with one attached hydrogen (secondary N) is 2. The molecule has 0 saturated carbocycles. The molecule has 1 aromatic heterocycles. The van der Waals surface area contributed by atoms with E-state index in [4.69, 9.17) is 0 Å². The van der Waals surface area contributed by atoms with Gasteiger partial charge in [-0.25, -0.2) is 0 Å². The number of aryl methyl sites for hydroxylation is 2. The molecule has 0 bridgehead atoms. The minimum atomic E-state index is -4.60. The number of carbonyl (C=O) groups is 1. The molecule has 0 radical (unpaired) electrons. The first-order chi connectivity index (χ1) is 15.7. The molecule has 1 amide bonds. The molecule has 1 aliphatic heterocycles. The normalized spacial score (nSPS) is 14.0. The number of hydrogen-bond acceptors (Lipinski definition) is 4. The van der Waals surface area contributed by atoms with Gasteiger partial charge < -0.3 is 25.4 Å². The lowest BCUT2D eigenvalue weighted by atomic mass is 10.1. The zero-order valence-corrected chi connectivity index (χ0v) is 17.7. The molecular formula is C24H24F3N3O3. The second-order valence-corrected chi connectivity index (χ2v) is 8.04. The van der Waals surface area contributed by atoms with Crippen molar-refractivity contribution in [2.24, 2.45) is 0 Å². The fraction of sp³-hybridized carbons (Fsp3) is 0.292. The third-order valence-corrected chi connectivity index (χ3v) is 5.77. The SMILES string of the molecule is O=C(Nc1ccc(N2CCCC2)c(C(F)(F)F)c1)c1c(O)[nH]c(CCc2ccccc2)c1O. The number of H-pyrrole nitrogens is 1. The van der Waals surface area contributed by atoms with Crippen LogP contribution in [0.15, 0.2) is 48.5 Å². The Kier molecular flexibility index (Phi) is 6.22. The number of aromatic nitrogens is 1. The fourth-order valence-corrected chi connectivity index (χ4v) is 4.11. The highest BCUT2D eigenvalue weighted by Crippen LogP contribution is 2.40. The van der Waals surface area contributed by atoms with E-state index in [0.29, 0.717) is 25.9 Å². The van der Waals surface area contributed by atoms with Crippen LogP contribution in [0.25, 0.3) is 0 Å². The predicted octanol–water partition coefficient (Wildman–Crippen LogP) is 5.08. The van der Waals surface area contributed by atoms with E-state index in [1.807, 2.05) is 30.3 Å². The summed E-state index contributed by atoms with van der Waals surface area (Å²) in [6.45, 7) is 1.09. The number of anilines is 2. The summed E-state index contributed by atoms with van der Waals surface area (Å²) in [5, 5.41) is 23.0. The molecule has 3 aromatic rings. The number of nitrogens with zero attached hydrogens (tertiary/aromatic N) is 1. The standard InChI is InChI=1S/C24H24F3N3O3/c25-24(26,27)17-14-16(9-11-19(17)30-12-4-5-13-30)28-22(32)20-21(31)18(29-23(20)33)10-8-15-6-2-1-3-7-15/h1-3,6-7,9,11,14,29,31,33H,4-5,8,10,12-13H2,(H,28,32). The summed E-state index contributed by atoms with van der Waals surface area (Å²) in [5.41, 5.74) is 0.0229. The summed E-state index contributed by atoms with van der Waals surface area (Å²) in [6.07, 6.45) is -2.05. The lowest BCUT2D eigenvalue weighted by Crippen LogP contribution is -2.22. The van der Waals surface area contributed by atoms with Crippen LogP contribution >= 0.6 is 0 Å². The average Bonchev–Trinajstić information content (AvgIpc) is 3.40. The van der Waals surface area contributed by atoms with Crippen LogP contribution < -0.4 is 10.2 Å². The van der Waals surface area contributed by atoms with Crippen molar-refractivity contribution in [3.8, 4) is 11.6 Å². The molecule has 0 atom stereocenters. The van der Waals surface area contributed by atoms with Crippen LogP contribution in [0.3, 0.4) is 0 Å². The Labute approximate surface area is 188 Å². The number of aromatic amines is 1. The molecule has 1 saturated heterocycles. The molecule has 1 aliphatic rings. The molecule has 0 spiro atoms. The summed E-state index contributed by atoms with van der Waals surface area (Å²) >= 11 is 0. The maximum absolute atomic E-state index is 13.7. The highest BCUT2D eigenvalue weighted by Gasteiger charge is 2.36. The number of halogens is 3. The molecule has 4 rings (SSSR count). The molecule has 0 aliphatic carbocycles. The zero-order chi connectivity index (χ0) is 23.6. The van der Waals surface area contributed by atoms with Crippen molar-refractivity contribution in [1.29, 1.82) is 0 Å². The molecule has 1 fully saturated rings. The van der Waals surface area contributed by atoms with Gasteiger partial charge in [-0.15, -0.1) is 0 Å². The lowest BCUT2D eigenvalue weighted by Gasteiger charge is -2.23. The van der Waals surface area contributed by atoms with Crippen LogP contribution in [0.1, 0.15) is 40.0 Å². The van der Waals surface area contributed by atoms with Crippen molar-refractivity contribution in [2.45, 2.75) is 31.9 Å².